The minimum Gasteiger partial charge on any atom is -0.359 e. The number of ketones is 1. The first kappa shape index (κ1) is 10.9. The standard InChI is InChI=1S/C13H14FNO/c1-9-6-12(8-13(16)7-9)15-11-4-2-10(14)3-5-11/h2-5,8-9,15H,6-7H2,1H3. The van der Waals surface area contributed by atoms with Crippen molar-refractivity contribution in [2.45, 2.75) is 19.8 Å². The van der Waals surface area contributed by atoms with Crippen LogP contribution in [0.4, 0.5) is 10.1 Å². The van der Waals surface area contributed by atoms with Gasteiger partial charge in [-0.2, -0.15) is 0 Å². The second-order valence-electron chi connectivity index (χ2n) is 4.28. The summed E-state index contributed by atoms with van der Waals surface area (Å²) in [5, 5.41) is 3.14. The number of carbonyl (C=O) groups is 1. The average Bonchev–Trinajstić information content (AvgIpc) is 2.20. The quantitative estimate of drug-likeness (QED) is 0.828. The molecule has 0 radical (unpaired) electrons. The molecule has 1 unspecified atom stereocenters. The minimum atomic E-state index is -0.257. The molecule has 1 aliphatic rings. The Bertz CT molecular complexity index is 422. The third kappa shape index (κ3) is 2.69. The van der Waals surface area contributed by atoms with E-state index in [9.17, 15) is 9.18 Å². The predicted molar refractivity (Wildman–Crippen MR) is 61.5 cm³/mol. The molecule has 0 aromatic heterocycles. The van der Waals surface area contributed by atoms with Crippen molar-refractivity contribution < 1.29 is 9.18 Å². The van der Waals surface area contributed by atoms with Crippen LogP contribution in [0.25, 0.3) is 0 Å². The van der Waals surface area contributed by atoms with Crippen LogP contribution in [0.5, 0.6) is 0 Å². The highest BCUT2D eigenvalue weighted by molar-refractivity contribution is 5.91. The van der Waals surface area contributed by atoms with Crippen LogP contribution in [0.2, 0.25) is 0 Å². The van der Waals surface area contributed by atoms with Gasteiger partial charge in [0.25, 0.3) is 0 Å². The van der Waals surface area contributed by atoms with Crippen LogP contribution < -0.4 is 5.32 Å². The fraction of sp³-hybridized carbons (Fsp3) is 0.308. The topological polar surface area (TPSA) is 29.1 Å². The van der Waals surface area contributed by atoms with Gasteiger partial charge in [-0.3, -0.25) is 4.79 Å². The van der Waals surface area contributed by atoms with Gasteiger partial charge in [0.2, 0.25) is 0 Å². The van der Waals surface area contributed by atoms with Crippen LogP contribution in [0, 0.1) is 11.7 Å². The van der Waals surface area contributed by atoms with Crippen molar-refractivity contribution in [2.24, 2.45) is 5.92 Å². The van der Waals surface area contributed by atoms with Crippen molar-refractivity contribution in [2.75, 3.05) is 5.32 Å². The largest absolute Gasteiger partial charge is 0.359 e. The van der Waals surface area contributed by atoms with Crippen molar-refractivity contribution >= 4 is 11.5 Å². The van der Waals surface area contributed by atoms with Crippen LogP contribution in [0.15, 0.2) is 36.0 Å². The van der Waals surface area contributed by atoms with E-state index in [1.165, 1.54) is 12.1 Å². The molecule has 16 heavy (non-hydrogen) atoms. The maximum atomic E-state index is 12.7. The molecule has 0 bridgehead atoms. The summed E-state index contributed by atoms with van der Waals surface area (Å²) in [7, 11) is 0. The molecule has 3 heteroatoms. The van der Waals surface area contributed by atoms with Crippen molar-refractivity contribution in [3.05, 3.63) is 41.9 Å². The second kappa shape index (κ2) is 4.47. The number of carbonyl (C=O) groups excluding carboxylic acids is 1. The summed E-state index contributed by atoms with van der Waals surface area (Å²) in [5.74, 6) is 0.274. The SMILES string of the molecule is CC1CC(=O)C=C(Nc2ccc(F)cc2)C1. The lowest BCUT2D eigenvalue weighted by atomic mass is 9.93. The van der Waals surface area contributed by atoms with E-state index < -0.39 is 0 Å². The van der Waals surface area contributed by atoms with Gasteiger partial charge in [-0.25, -0.2) is 4.39 Å². The van der Waals surface area contributed by atoms with Gasteiger partial charge in [-0.15, -0.1) is 0 Å². The van der Waals surface area contributed by atoms with Crippen LogP contribution >= 0.6 is 0 Å². The molecule has 0 saturated heterocycles. The highest BCUT2D eigenvalue weighted by Crippen LogP contribution is 2.23. The smallest absolute Gasteiger partial charge is 0.157 e. The second-order valence-corrected chi connectivity index (χ2v) is 4.28. The molecule has 2 rings (SSSR count). The third-order valence-corrected chi connectivity index (χ3v) is 2.60. The molecular formula is C13H14FNO. The zero-order chi connectivity index (χ0) is 11.5. The number of benzene rings is 1. The van der Waals surface area contributed by atoms with Gasteiger partial charge < -0.3 is 5.32 Å². The lowest BCUT2D eigenvalue weighted by Crippen LogP contribution is -2.15. The maximum absolute atomic E-state index is 12.7. The molecular weight excluding hydrogens is 205 g/mol. The Kier molecular flexibility index (Phi) is 3.04. The lowest BCUT2D eigenvalue weighted by molar-refractivity contribution is -0.115. The Morgan fingerprint density at radius 2 is 1.94 bits per heavy atom. The van der Waals surface area contributed by atoms with Gasteiger partial charge in [-0.1, -0.05) is 6.92 Å². The first-order valence-corrected chi connectivity index (χ1v) is 5.39. The summed E-state index contributed by atoms with van der Waals surface area (Å²) >= 11 is 0. The van der Waals surface area contributed by atoms with Gasteiger partial charge >= 0.3 is 0 Å². The highest BCUT2D eigenvalue weighted by Gasteiger charge is 2.16. The number of rotatable bonds is 2. The van der Waals surface area contributed by atoms with E-state index in [-0.39, 0.29) is 11.6 Å². The van der Waals surface area contributed by atoms with Crippen molar-refractivity contribution in [3.63, 3.8) is 0 Å². The van der Waals surface area contributed by atoms with Crippen LogP contribution in [0.3, 0.4) is 0 Å². The number of anilines is 1. The predicted octanol–water partition coefficient (Wildman–Crippen LogP) is 3.12. The van der Waals surface area contributed by atoms with E-state index in [0.29, 0.717) is 12.3 Å². The molecule has 0 saturated carbocycles. The molecule has 0 aliphatic heterocycles. The van der Waals surface area contributed by atoms with Crippen molar-refractivity contribution in [1.82, 2.24) is 0 Å². The van der Waals surface area contributed by atoms with Crippen LogP contribution in [-0.2, 0) is 4.79 Å². The van der Waals surface area contributed by atoms with Crippen LogP contribution in [0.1, 0.15) is 19.8 Å². The molecule has 0 heterocycles. The normalized spacial score (nSPS) is 20.5. The van der Waals surface area contributed by atoms with Crippen LogP contribution in [-0.4, -0.2) is 5.78 Å². The van der Waals surface area contributed by atoms with E-state index in [4.69, 9.17) is 0 Å². The van der Waals surface area contributed by atoms with E-state index in [1.807, 2.05) is 0 Å². The van der Waals surface area contributed by atoms with E-state index in [2.05, 4.69) is 12.2 Å². The summed E-state index contributed by atoms with van der Waals surface area (Å²) < 4.78 is 12.7. The fourth-order valence-electron chi connectivity index (χ4n) is 1.91. The van der Waals surface area contributed by atoms with Gasteiger partial charge in [0.1, 0.15) is 5.82 Å². The molecule has 1 atom stereocenters. The minimum absolute atomic E-state index is 0.156. The lowest BCUT2D eigenvalue weighted by Gasteiger charge is -2.19. The summed E-state index contributed by atoms with van der Waals surface area (Å²) in [5.41, 5.74) is 1.73. The average molecular weight is 219 g/mol. The number of nitrogens with one attached hydrogen (secondary N) is 1. The molecule has 0 amide bonds. The maximum Gasteiger partial charge on any atom is 0.157 e. The Labute approximate surface area is 94.2 Å². The van der Waals surface area contributed by atoms with Gasteiger partial charge in [0, 0.05) is 23.9 Å². The number of hydrogen-bond donors (Lipinski definition) is 1. The van der Waals surface area contributed by atoms with E-state index in [1.54, 1.807) is 18.2 Å². The molecule has 1 aromatic carbocycles. The zero-order valence-corrected chi connectivity index (χ0v) is 9.16. The highest BCUT2D eigenvalue weighted by atomic mass is 19.1. The Hall–Kier alpha value is -1.64. The van der Waals surface area contributed by atoms with Gasteiger partial charge in [0.15, 0.2) is 5.78 Å². The third-order valence-electron chi connectivity index (χ3n) is 2.60. The molecule has 1 aliphatic carbocycles. The zero-order valence-electron chi connectivity index (χ0n) is 9.16. The number of hydrogen-bond acceptors (Lipinski definition) is 2. The van der Waals surface area contributed by atoms with Crippen molar-refractivity contribution in [3.8, 4) is 0 Å². The Balaban J connectivity index is 2.09. The molecule has 1 aromatic rings. The summed E-state index contributed by atoms with van der Waals surface area (Å²) in [6, 6.07) is 6.13. The Morgan fingerprint density at radius 1 is 1.25 bits per heavy atom. The first-order valence-electron chi connectivity index (χ1n) is 5.39. The van der Waals surface area contributed by atoms with E-state index in [0.717, 1.165) is 17.8 Å². The summed E-state index contributed by atoms with van der Waals surface area (Å²) in [6.45, 7) is 2.05. The van der Waals surface area contributed by atoms with Gasteiger partial charge in [0.05, 0.1) is 0 Å². The number of halogens is 1. The molecule has 84 valence electrons. The van der Waals surface area contributed by atoms with E-state index >= 15 is 0 Å². The molecule has 2 nitrogen and oxygen atoms in total. The number of allylic oxidation sites excluding steroid dienone is 2. The molecule has 0 fully saturated rings. The Morgan fingerprint density at radius 3 is 2.56 bits per heavy atom. The fourth-order valence-corrected chi connectivity index (χ4v) is 1.91. The van der Waals surface area contributed by atoms with Crippen molar-refractivity contribution in [1.29, 1.82) is 0 Å². The first-order chi connectivity index (χ1) is 7.63. The molecule has 1 N–H and O–H groups in total. The van der Waals surface area contributed by atoms with Gasteiger partial charge in [-0.05, 0) is 36.6 Å². The summed E-state index contributed by atoms with van der Waals surface area (Å²) in [4.78, 5) is 11.4. The summed E-state index contributed by atoms with van der Waals surface area (Å²) in [6.07, 6.45) is 3.13. The monoisotopic (exact) mass is 219 g/mol. The molecule has 0 spiro atoms.